The van der Waals surface area contributed by atoms with Crippen molar-refractivity contribution in [1.29, 1.82) is 0 Å². The van der Waals surface area contributed by atoms with E-state index >= 15 is 0 Å². The lowest BCUT2D eigenvalue weighted by molar-refractivity contribution is -0.119. The van der Waals surface area contributed by atoms with Crippen molar-refractivity contribution >= 4 is 11.8 Å². The highest BCUT2D eigenvalue weighted by Crippen LogP contribution is 2.37. The maximum absolute atomic E-state index is 13.9. The Kier molecular flexibility index (Phi) is 10.7. The predicted octanol–water partition coefficient (Wildman–Crippen LogP) is 6.21. The minimum atomic E-state index is -0.0441. The van der Waals surface area contributed by atoms with Crippen LogP contribution in [0, 0.1) is 11.8 Å². The van der Waals surface area contributed by atoms with Gasteiger partial charge in [0.15, 0.2) is 0 Å². The Hall–Kier alpha value is -1.86. The van der Waals surface area contributed by atoms with Crippen LogP contribution in [0.25, 0.3) is 0 Å². The van der Waals surface area contributed by atoms with Gasteiger partial charge in [-0.3, -0.25) is 9.59 Å². The molecule has 0 aromatic carbocycles. The third-order valence-electron chi connectivity index (χ3n) is 9.60. The maximum Gasteiger partial charge on any atom is 0.249 e. The molecule has 42 heavy (non-hydrogen) atoms. The first kappa shape index (κ1) is 34.6. The highest BCUT2D eigenvalue weighted by atomic mass is 16.2. The van der Waals surface area contributed by atoms with Crippen LogP contribution >= 0.6 is 0 Å². The minimum Gasteiger partial charge on any atom is -0.362 e. The summed E-state index contributed by atoms with van der Waals surface area (Å²) >= 11 is 0. The zero-order chi connectivity index (χ0) is 31.7. The molecule has 2 fully saturated rings. The van der Waals surface area contributed by atoms with Gasteiger partial charge in [-0.05, 0) is 120 Å². The Bertz CT molecular complexity index is 953. The molecule has 0 aromatic rings. The number of carbonyl (C=O) groups excluding carboxylic acids is 2. The molecule has 3 aliphatic rings. The normalized spacial score (nSPS) is 25.4. The Morgan fingerprint density at radius 1 is 0.667 bits per heavy atom. The Balaban J connectivity index is 1.75. The van der Waals surface area contributed by atoms with Crippen molar-refractivity contribution in [2.24, 2.45) is 11.8 Å². The van der Waals surface area contributed by atoms with Gasteiger partial charge in [-0.15, -0.1) is 0 Å². The summed E-state index contributed by atoms with van der Waals surface area (Å²) in [4.78, 5) is 27.7. The van der Waals surface area contributed by atoms with Gasteiger partial charge < -0.3 is 26.6 Å². The molecule has 3 aliphatic heterocycles. The summed E-state index contributed by atoms with van der Waals surface area (Å²) in [7, 11) is 0. The molecular formula is C35H63N5O2. The van der Waals surface area contributed by atoms with E-state index in [4.69, 9.17) is 0 Å². The predicted molar refractivity (Wildman–Crippen MR) is 175 cm³/mol. The summed E-state index contributed by atoms with van der Waals surface area (Å²) < 4.78 is 0. The smallest absolute Gasteiger partial charge is 0.249 e. The molecule has 3 rings (SSSR count). The number of hydrogen-bond acceptors (Lipinski definition) is 5. The standard InChI is InChI=1S/C35H63N5O2/c1-13-15-28(24-18-32(5,6)39-33(7,8)19-24)37-30(41)26-17-27(23(4)36-22(26)3)31(42)38-29(16-14-2)25-20-34(9,10)40-35(11,12)21-25/h24-25,28-29,36,39-40H,13-21H2,1-12H3,(H,37,41)(H,38,42). The summed E-state index contributed by atoms with van der Waals surface area (Å²) in [6, 6.07) is 0.210. The van der Waals surface area contributed by atoms with E-state index < -0.39 is 0 Å². The van der Waals surface area contributed by atoms with Crippen LogP contribution in [0.3, 0.4) is 0 Å². The number of hydrogen-bond donors (Lipinski definition) is 5. The van der Waals surface area contributed by atoms with E-state index in [9.17, 15) is 9.59 Å². The van der Waals surface area contributed by atoms with Crippen molar-refractivity contribution in [2.75, 3.05) is 0 Å². The van der Waals surface area contributed by atoms with Gasteiger partial charge in [0.05, 0.1) is 0 Å². The van der Waals surface area contributed by atoms with E-state index in [1.54, 1.807) is 0 Å². The highest BCUT2D eigenvalue weighted by molar-refractivity contribution is 6.01. The first-order valence-corrected chi connectivity index (χ1v) is 16.6. The van der Waals surface area contributed by atoms with Gasteiger partial charge in [0.25, 0.3) is 0 Å². The van der Waals surface area contributed by atoms with Crippen molar-refractivity contribution in [3.8, 4) is 0 Å². The Labute approximate surface area is 257 Å². The molecule has 2 unspecified atom stereocenters. The molecule has 7 heteroatoms. The van der Waals surface area contributed by atoms with Crippen molar-refractivity contribution in [1.82, 2.24) is 26.6 Å². The molecule has 7 nitrogen and oxygen atoms in total. The topological polar surface area (TPSA) is 94.3 Å². The van der Waals surface area contributed by atoms with Crippen molar-refractivity contribution in [3.63, 3.8) is 0 Å². The van der Waals surface area contributed by atoms with E-state index in [2.05, 4.69) is 95.8 Å². The summed E-state index contributed by atoms with van der Waals surface area (Å²) in [6.07, 6.45) is 8.37. The molecular weight excluding hydrogens is 522 g/mol. The van der Waals surface area contributed by atoms with Gasteiger partial charge in [-0.1, -0.05) is 26.7 Å². The fourth-order valence-electron chi connectivity index (χ4n) is 8.73. The van der Waals surface area contributed by atoms with Gasteiger partial charge in [0.1, 0.15) is 0 Å². The van der Waals surface area contributed by atoms with Gasteiger partial charge in [0, 0.05) is 63.2 Å². The second-order valence-electron chi connectivity index (χ2n) is 16.4. The summed E-state index contributed by atoms with van der Waals surface area (Å²) in [5.74, 6) is 0.701. The lowest BCUT2D eigenvalue weighted by Crippen LogP contribution is -2.61. The first-order valence-electron chi connectivity index (χ1n) is 16.6. The number of allylic oxidation sites excluding steroid dienone is 2. The molecule has 2 amide bonds. The van der Waals surface area contributed by atoms with Crippen LogP contribution < -0.4 is 26.6 Å². The molecule has 5 N–H and O–H groups in total. The van der Waals surface area contributed by atoms with Gasteiger partial charge in [-0.25, -0.2) is 0 Å². The average Bonchev–Trinajstić information content (AvgIpc) is 2.79. The molecule has 2 atom stereocenters. The van der Waals surface area contributed by atoms with Gasteiger partial charge in [0.2, 0.25) is 11.8 Å². The zero-order valence-corrected chi connectivity index (χ0v) is 29.0. The molecule has 0 aromatic heterocycles. The fourth-order valence-corrected chi connectivity index (χ4v) is 8.73. The lowest BCUT2D eigenvalue weighted by Gasteiger charge is -2.49. The first-order chi connectivity index (χ1) is 19.3. The molecule has 240 valence electrons. The van der Waals surface area contributed by atoms with Crippen LogP contribution in [0.5, 0.6) is 0 Å². The van der Waals surface area contributed by atoms with Crippen LogP contribution in [-0.2, 0) is 9.59 Å². The van der Waals surface area contributed by atoms with Crippen LogP contribution in [0.2, 0.25) is 0 Å². The summed E-state index contributed by atoms with van der Waals surface area (Å²) in [5, 5.41) is 17.8. The van der Waals surface area contributed by atoms with E-state index in [0.717, 1.165) is 62.8 Å². The number of amides is 2. The fraction of sp³-hybridized carbons (Fsp3) is 0.829. The SMILES string of the molecule is CCCC(NC(=O)C1=C(C)NC(C)=C(C(=O)NC(CCC)C2CC(C)(C)NC(C)(C)C2)C1)C1CC(C)(C)NC(C)(C)C1. The van der Waals surface area contributed by atoms with E-state index in [-0.39, 0.29) is 46.1 Å². The van der Waals surface area contributed by atoms with Crippen molar-refractivity contribution in [2.45, 2.75) is 175 Å². The molecule has 2 saturated heterocycles. The number of piperidine rings is 2. The zero-order valence-electron chi connectivity index (χ0n) is 29.0. The van der Waals surface area contributed by atoms with Crippen molar-refractivity contribution in [3.05, 3.63) is 22.5 Å². The van der Waals surface area contributed by atoms with Crippen LogP contribution in [0.4, 0.5) is 0 Å². The van der Waals surface area contributed by atoms with E-state index in [1.807, 2.05) is 13.8 Å². The quantitative estimate of drug-likeness (QED) is 0.210. The number of carbonyl (C=O) groups is 2. The molecule has 0 bridgehead atoms. The summed E-state index contributed by atoms with van der Waals surface area (Å²) in [6.45, 7) is 26.4. The third kappa shape index (κ3) is 9.07. The van der Waals surface area contributed by atoms with E-state index in [1.165, 1.54) is 0 Å². The van der Waals surface area contributed by atoms with Crippen LogP contribution in [0.15, 0.2) is 22.5 Å². The third-order valence-corrected chi connectivity index (χ3v) is 9.60. The average molecular weight is 586 g/mol. The van der Waals surface area contributed by atoms with Gasteiger partial charge >= 0.3 is 0 Å². The maximum atomic E-state index is 13.9. The Morgan fingerprint density at radius 3 is 1.26 bits per heavy atom. The number of rotatable bonds is 10. The minimum absolute atomic E-state index is 0.0175. The Morgan fingerprint density at radius 2 is 0.976 bits per heavy atom. The molecule has 3 heterocycles. The molecule has 0 spiro atoms. The number of nitrogens with one attached hydrogen (secondary N) is 5. The summed E-state index contributed by atoms with van der Waals surface area (Å²) in [5.41, 5.74) is 3.11. The molecule has 0 saturated carbocycles. The molecule has 0 radical (unpaired) electrons. The second kappa shape index (κ2) is 13.0. The van der Waals surface area contributed by atoms with Crippen LogP contribution in [-0.4, -0.2) is 46.1 Å². The monoisotopic (exact) mass is 585 g/mol. The highest BCUT2D eigenvalue weighted by Gasteiger charge is 2.42. The van der Waals surface area contributed by atoms with E-state index in [0.29, 0.717) is 29.4 Å². The second-order valence-corrected chi connectivity index (χ2v) is 16.4. The van der Waals surface area contributed by atoms with Crippen LogP contribution in [0.1, 0.15) is 141 Å². The lowest BCUT2D eigenvalue weighted by atomic mass is 9.72. The van der Waals surface area contributed by atoms with Gasteiger partial charge in [-0.2, -0.15) is 0 Å². The number of dihydropyridines is 1. The molecule has 0 aliphatic carbocycles. The van der Waals surface area contributed by atoms with Crippen molar-refractivity contribution < 1.29 is 9.59 Å². The largest absolute Gasteiger partial charge is 0.362 e.